The summed E-state index contributed by atoms with van der Waals surface area (Å²) >= 11 is 0. The first kappa shape index (κ1) is 14.1. The Morgan fingerprint density at radius 3 is 2.75 bits per heavy atom. The number of benzene rings is 1. The maximum absolute atomic E-state index is 3.52. The van der Waals surface area contributed by atoms with Gasteiger partial charge in [0.05, 0.1) is 0 Å². The van der Waals surface area contributed by atoms with Crippen molar-refractivity contribution in [1.29, 1.82) is 0 Å². The van der Waals surface area contributed by atoms with Gasteiger partial charge in [0.2, 0.25) is 0 Å². The molecule has 2 heterocycles. The molecule has 2 saturated heterocycles. The van der Waals surface area contributed by atoms with Crippen LogP contribution in [0.15, 0.2) is 30.3 Å². The monoisotopic (exact) mass is 272 g/mol. The fourth-order valence-electron chi connectivity index (χ4n) is 4.11. The number of rotatable bonds is 3. The summed E-state index contributed by atoms with van der Waals surface area (Å²) in [6.07, 6.45) is 2.65. The highest BCUT2D eigenvalue weighted by atomic mass is 15.1. The van der Waals surface area contributed by atoms with E-state index in [-0.39, 0.29) is 0 Å². The van der Waals surface area contributed by atoms with Gasteiger partial charge in [-0.25, -0.2) is 0 Å². The molecule has 1 aromatic rings. The van der Waals surface area contributed by atoms with Crippen LogP contribution >= 0.6 is 0 Å². The molecule has 0 saturated carbocycles. The summed E-state index contributed by atoms with van der Waals surface area (Å²) in [6, 6.07) is 11.1. The molecular weight excluding hydrogens is 244 g/mol. The zero-order chi connectivity index (χ0) is 14.0. The predicted molar refractivity (Wildman–Crippen MR) is 85.0 cm³/mol. The normalized spacial score (nSPS) is 35.3. The lowest BCUT2D eigenvalue weighted by Crippen LogP contribution is -2.44. The van der Waals surface area contributed by atoms with E-state index in [0.29, 0.717) is 5.41 Å². The number of hydrogen-bond acceptors (Lipinski definition) is 2. The molecule has 2 aliphatic rings. The molecule has 2 nitrogen and oxygen atoms in total. The van der Waals surface area contributed by atoms with Crippen LogP contribution in [-0.4, -0.2) is 37.6 Å². The summed E-state index contributed by atoms with van der Waals surface area (Å²) in [5.74, 6) is 1.52. The Morgan fingerprint density at radius 1 is 1.30 bits per heavy atom. The van der Waals surface area contributed by atoms with E-state index in [1.165, 1.54) is 51.1 Å². The van der Waals surface area contributed by atoms with Crippen molar-refractivity contribution in [3.05, 3.63) is 35.9 Å². The highest BCUT2D eigenvalue weighted by Crippen LogP contribution is 2.34. The third-order valence-corrected chi connectivity index (χ3v) is 5.28. The summed E-state index contributed by atoms with van der Waals surface area (Å²) in [5, 5.41) is 3.52. The molecule has 2 fully saturated rings. The quantitative estimate of drug-likeness (QED) is 0.909. The average Bonchev–Trinajstić information content (AvgIpc) is 2.86. The largest absolute Gasteiger partial charge is 0.316 e. The van der Waals surface area contributed by atoms with Gasteiger partial charge in [0.15, 0.2) is 0 Å². The standard InChI is InChI=1S/C18H28N2/c1-15-12-20(14-18(2)9-10-19-13-18)11-8-17(15)16-6-4-3-5-7-16/h3-7,15,17,19H,8-14H2,1-2H3. The molecule has 3 unspecified atom stereocenters. The van der Waals surface area contributed by atoms with Gasteiger partial charge >= 0.3 is 0 Å². The van der Waals surface area contributed by atoms with Crippen molar-refractivity contribution >= 4 is 0 Å². The smallest absolute Gasteiger partial charge is 0.00481 e. The second-order valence-corrected chi connectivity index (χ2v) is 7.26. The van der Waals surface area contributed by atoms with Crippen molar-refractivity contribution in [1.82, 2.24) is 10.2 Å². The molecule has 20 heavy (non-hydrogen) atoms. The first-order valence-corrected chi connectivity index (χ1v) is 8.14. The van der Waals surface area contributed by atoms with Crippen LogP contribution in [0.3, 0.4) is 0 Å². The van der Waals surface area contributed by atoms with Gasteiger partial charge in [-0.1, -0.05) is 44.2 Å². The van der Waals surface area contributed by atoms with Gasteiger partial charge < -0.3 is 10.2 Å². The molecular formula is C18H28N2. The molecule has 2 heteroatoms. The van der Waals surface area contributed by atoms with E-state index in [2.05, 4.69) is 54.4 Å². The second-order valence-electron chi connectivity index (χ2n) is 7.26. The van der Waals surface area contributed by atoms with Crippen molar-refractivity contribution in [2.75, 3.05) is 32.7 Å². The van der Waals surface area contributed by atoms with Crippen LogP contribution in [0.25, 0.3) is 0 Å². The van der Waals surface area contributed by atoms with Crippen molar-refractivity contribution < 1.29 is 0 Å². The maximum atomic E-state index is 3.52. The predicted octanol–water partition coefficient (Wildman–Crippen LogP) is 3.11. The van der Waals surface area contributed by atoms with Crippen LogP contribution in [-0.2, 0) is 0 Å². The molecule has 1 aromatic carbocycles. The zero-order valence-corrected chi connectivity index (χ0v) is 12.9. The molecule has 110 valence electrons. The summed E-state index contributed by atoms with van der Waals surface area (Å²) in [6.45, 7) is 11.1. The molecule has 3 rings (SSSR count). The second kappa shape index (κ2) is 5.87. The Bertz CT molecular complexity index is 422. The lowest BCUT2D eigenvalue weighted by molar-refractivity contribution is 0.113. The van der Waals surface area contributed by atoms with Crippen molar-refractivity contribution in [3.8, 4) is 0 Å². The molecule has 1 N–H and O–H groups in total. The number of piperidine rings is 1. The fourth-order valence-corrected chi connectivity index (χ4v) is 4.11. The van der Waals surface area contributed by atoms with Gasteiger partial charge in [-0.15, -0.1) is 0 Å². The molecule has 0 aromatic heterocycles. The van der Waals surface area contributed by atoms with Crippen LogP contribution in [0.4, 0.5) is 0 Å². The van der Waals surface area contributed by atoms with E-state index < -0.39 is 0 Å². The van der Waals surface area contributed by atoms with Crippen molar-refractivity contribution in [2.24, 2.45) is 11.3 Å². The lowest BCUT2D eigenvalue weighted by Gasteiger charge is -2.40. The van der Waals surface area contributed by atoms with Gasteiger partial charge in [-0.2, -0.15) is 0 Å². The van der Waals surface area contributed by atoms with Gasteiger partial charge in [0.25, 0.3) is 0 Å². The van der Waals surface area contributed by atoms with Crippen LogP contribution < -0.4 is 5.32 Å². The number of hydrogen-bond donors (Lipinski definition) is 1. The lowest BCUT2D eigenvalue weighted by atomic mass is 9.80. The molecule has 3 atom stereocenters. The minimum Gasteiger partial charge on any atom is -0.316 e. The van der Waals surface area contributed by atoms with E-state index in [4.69, 9.17) is 0 Å². The Hall–Kier alpha value is -0.860. The van der Waals surface area contributed by atoms with Gasteiger partial charge in [-0.05, 0) is 48.7 Å². The van der Waals surface area contributed by atoms with E-state index in [9.17, 15) is 0 Å². The Balaban J connectivity index is 1.59. The summed E-state index contributed by atoms with van der Waals surface area (Å²) in [4.78, 5) is 2.71. The third kappa shape index (κ3) is 3.07. The minimum atomic E-state index is 0.499. The number of likely N-dealkylation sites (tertiary alicyclic amines) is 1. The Labute approximate surface area is 123 Å². The molecule has 2 aliphatic heterocycles. The molecule has 0 spiro atoms. The van der Waals surface area contributed by atoms with Crippen molar-refractivity contribution in [3.63, 3.8) is 0 Å². The van der Waals surface area contributed by atoms with Gasteiger partial charge in [0.1, 0.15) is 0 Å². The van der Waals surface area contributed by atoms with Crippen molar-refractivity contribution in [2.45, 2.75) is 32.6 Å². The molecule has 0 bridgehead atoms. The Kier molecular flexibility index (Phi) is 4.13. The zero-order valence-electron chi connectivity index (χ0n) is 12.9. The first-order valence-electron chi connectivity index (χ1n) is 8.14. The van der Waals surface area contributed by atoms with Crippen LogP contribution in [0.1, 0.15) is 38.2 Å². The van der Waals surface area contributed by atoms with Crippen LogP contribution in [0.2, 0.25) is 0 Å². The number of nitrogens with one attached hydrogen (secondary N) is 1. The SMILES string of the molecule is CC1CN(CC2(C)CCNC2)CCC1c1ccccc1. The maximum Gasteiger partial charge on any atom is 0.00481 e. The number of nitrogens with zero attached hydrogens (tertiary/aromatic N) is 1. The first-order chi connectivity index (χ1) is 9.66. The third-order valence-electron chi connectivity index (χ3n) is 5.28. The van der Waals surface area contributed by atoms with E-state index >= 15 is 0 Å². The summed E-state index contributed by atoms with van der Waals surface area (Å²) in [7, 11) is 0. The van der Waals surface area contributed by atoms with E-state index in [1.807, 2.05) is 0 Å². The highest BCUT2D eigenvalue weighted by molar-refractivity contribution is 5.21. The molecule has 0 radical (unpaired) electrons. The average molecular weight is 272 g/mol. The fraction of sp³-hybridized carbons (Fsp3) is 0.667. The van der Waals surface area contributed by atoms with Gasteiger partial charge in [-0.3, -0.25) is 0 Å². The van der Waals surface area contributed by atoms with E-state index in [0.717, 1.165) is 11.8 Å². The Morgan fingerprint density at radius 2 is 2.10 bits per heavy atom. The summed E-state index contributed by atoms with van der Waals surface area (Å²) < 4.78 is 0. The van der Waals surface area contributed by atoms with Crippen LogP contribution in [0.5, 0.6) is 0 Å². The highest BCUT2D eigenvalue weighted by Gasteiger charge is 2.34. The topological polar surface area (TPSA) is 15.3 Å². The minimum absolute atomic E-state index is 0.499. The van der Waals surface area contributed by atoms with E-state index in [1.54, 1.807) is 0 Å². The molecule has 0 aliphatic carbocycles. The van der Waals surface area contributed by atoms with Crippen LogP contribution in [0, 0.1) is 11.3 Å². The van der Waals surface area contributed by atoms with Gasteiger partial charge in [0, 0.05) is 19.6 Å². The molecule has 0 amide bonds. The summed E-state index contributed by atoms with van der Waals surface area (Å²) in [5.41, 5.74) is 2.03.